The number of carbonyl (C=O) groups excluding carboxylic acids is 1. The topological polar surface area (TPSA) is 66.0 Å². The van der Waals surface area contributed by atoms with Gasteiger partial charge in [-0.3, -0.25) is 9.78 Å². The van der Waals surface area contributed by atoms with Crippen molar-refractivity contribution in [2.24, 2.45) is 0 Å². The number of carbonyl (C=O) groups is 1. The smallest absolute Gasteiger partial charge is 0.242 e. The van der Waals surface area contributed by atoms with Crippen LogP contribution in [0.3, 0.4) is 0 Å². The average Bonchev–Trinajstić information content (AvgIpc) is 3.06. The quantitative estimate of drug-likeness (QED) is 0.756. The Morgan fingerprint density at radius 1 is 1.32 bits per heavy atom. The Labute approximate surface area is 133 Å². The number of hydrogen-bond acceptors (Lipinski definition) is 5. The molecule has 22 heavy (non-hydrogen) atoms. The molecule has 1 aliphatic rings. The molecule has 1 amide bonds. The van der Waals surface area contributed by atoms with Crippen LogP contribution in [0.2, 0.25) is 0 Å². The van der Waals surface area contributed by atoms with Gasteiger partial charge in [0.05, 0.1) is 0 Å². The molecular formula is C16H18N4OS. The molecule has 1 saturated heterocycles. The van der Waals surface area contributed by atoms with E-state index in [1.807, 2.05) is 48.9 Å². The third-order valence-electron chi connectivity index (χ3n) is 3.64. The fraction of sp³-hybridized carbons (Fsp3) is 0.250. The Morgan fingerprint density at radius 3 is 3.00 bits per heavy atom. The molecule has 2 unspecified atom stereocenters. The summed E-state index contributed by atoms with van der Waals surface area (Å²) in [5.74, 6) is -0.0304. The minimum Gasteiger partial charge on any atom is -0.325 e. The first kappa shape index (κ1) is 15.0. The molecule has 3 rings (SSSR count). The number of anilines is 1. The van der Waals surface area contributed by atoms with Gasteiger partial charge in [-0.15, -0.1) is 11.8 Å². The summed E-state index contributed by atoms with van der Waals surface area (Å²) in [6.07, 6.45) is 6.28. The highest BCUT2D eigenvalue weighted by Crippen LogP contribution is 2.23. The van der Waals surface area contributed by atoms with Crippen LogP contribution < -0.4 is 16.2 Å². The maximum atomic E-state index is 12.4. The summed E-state index contributed by atoms with van der Waals surface area (Å²) in [6.45, 7) is 0. The molecule has 0 spiro atoms. The summed E-state index contributed by atoms with van der Waals surface area (Å²) in [4.78, 5) is 17.6. The molecule has 1 aromatic heterocycles. The van der Waals surface area contributed by atoms with Crippen LogP contribution in [0.5, 0.6) is 0 Å². The number of thioether (sulfide) groups is 1. The van der Waals surface area contributed by atoms with Gasteiger partial charge in [-0.05, 0) is 42.5 Å². The zero-order chi connectivity index (χ0) is 15.4. The normalized spacial score (nSPS) is 20.8. The van der Waals surface area contributed by atoms with E-state index in [4.69, 9.17) is 0 Å². The van der Waals surface area contributed by atoms with Gasteiger partial charge in [-0.2, -0.15) is 0 Å². The van der Waals surface area contributed by atoms with Crippen LogP contribution in [0.15, 0.2) is 53.7 Å². The summed E-state index contributed by atoms with van der Waals surface area (Å²) >= 11 is 1.65. The van der Waals surface area contributed by atoms with Crippen molar-refractivity contribution in [3.8, 4) is 0 Å². The molecule has 5 nitrogen and oxygen atoms in total. The van der Waals surface area contributed by atoms with Crippen LogP contribution in [0.25, 0.3) is 0 Å². The van der Waals surface area contributed by atoms with Crippen molar-refractivity contribution in [3.63, 3.8) is 0 Å². The molecule has 0 saturated carbocycles. The molecule has 3 N–H and O–H groups in total. The van der Waals surface area contributed by atoms with Crippen LogP contribution in [0, 0.1) is 0 Å². The van der Waals surface area contributed by atoms with E-state index >= 15 is 0 Å². The monoisotopic (exact) mass is 314 g/mol. The molecule has 2 aromatic rings. The van der Waals surface area contributed by atoms with Crippen LogP contribution in [-0.4, -0.2) is 23.2 Å². The number of benzene rings is 1. The Hall–Kier alpha value is -1.89. The molecule has 6 heteroatoms. The highest BCUT2D eigenvalue weighted by atomic mass is 32.2. The minimum absolute atomic E-state index is 0.0304. The van der Waals surface area contributed by atoms with Crippen molar-refractivity contribution in [1.82, 2.24) is 15.8 Å². The molecule has 2 heterocycles. The number of aromatic nitrogens is 1. The van der Waals surface area contributed by atoms with Crippen LogP contribution >= 0.6 is 11.8 Å². The molecule has 1 fully saturated rings. The van der Waals surface area contributed by atoms with E-state index in [9.17, 15) is 4.79 Å². The van der Waals surface area contributed by atoms with E-state index in [1.54, 1.807) is 18.0 Å². The molecule has 1 aromatic carbocycles. The zero-order valence-corrected chi connectivity index (χ0v) is 13.1. The fourth-order valence-corrected chi connectivity index (χ4v) is 2.92. The van der Waals surface area contributed by atoms with Gasteiger partial charge in [0, 0.05) is 29.0 Å². The summed E-state index contributed by atoms with van der Waals surface area (Å²) in [5.41, 5.74) is 8.12. The van der Waals surface area contributed by atoms with E-state index in [2.05, 4.69) is 21.2 Å². The molecule has 0 bridgehead atoms. The van der Waals surface area contributed by atoms with Crippen molar-refractivity contribution < 1.29 is 4.79 Å². The van der Waals surface area contributed by atoms with Crippen LogP contribution in [0.1, 0.15) is 18.0 Å². The lowest BCUT2D eigenvalue weighted by Gasteiger charge is -2.11. The number of nitrogens with zero attached hydrogens (tertiary/aromatic N) is 1. The van der Waals surface area contributed by atoms with Crippen molar-refractivity contribution in [2.45, 2.75) is 23.4 Å². The van der Waals surface area contributed by atoms with Gasteiger partial charge in [-0.25, -0.2) is 10.9 Å². The average molecular weight is 314 g/mol. The molecule has 114 valence electrons. The Kier molecular flexibility index (Phi) is 4.72. The van der Waals surface area contributed by atoms with E-state index in [-0.39, 0.29) is 18.0 Å². The predicted octanol–water partition coefficient (Wildman–Crippen LogP) is 2.35. The van der Waals surface area contributed by atoms with E-state index in [1.165, 1.54) is 0 Å². The first-order chi connectivity index (χ1) is 10.8. The van der Waals surface area contributed by atoms with Crippen LogP contribution in [-0.2, 0) is 4.79 Å². The molecular weight excluding hydrogens is 296 g/mol. The summed E-state index contributed by atoms with van der Waals surface area (Å²) < 4.78 is 0. The standard InChI is InChI=1S/C16H18N4OS/c1-22-13-6-2-5-12(8-13)18-16(21)15-9-14(19-20-15)11-4-3-7-17-10-11/h2-8,10,14-15,19-20H,9H2,1H3,(H,18,21). The van der Waals surface area contributed by atoms with E-state index < -0.39 is 0 Å². The highest BCUT2D eigenvalue weighted by molar-refractivity contribution is 7.98. The first-order valence-corrected chi connectivity index (χ1v) is 8.34. The number of rotatable bonds is 4. The lowest BCUT2D eigenvalue weighted by Crippen LogP contribution is -2.39. The second kappa shape index (κ2) is 6.91. The van der Waals surface area contributed by atoms with Crippen LogP contribution in [0.4, 0.5) is 5.69 Å². The Morgan fingerprint density at radius 2 is 2.23 bits per heavy atom. The summed E-state index contributed by atoms with van der Waals surface area (Å²) in [7, 11) is 0. The summed E-state index contributed by atoms with van der Waals surface area (Å²) in [6, 6.07) is 11.6. The third kappa shape index (κ3) is 3.47. The number of pyridine rings is 1. The van der Waals surface area contributed by atoms with Gasteiger partial charge in [-0.1, -0.05) is 12.1 Å². The lowest BCUT2D eigenvalue weighted by molar-refractivity contribution is -0.117. The SMILES string of the molecule is CSc1cccc(NC(=O)C2CC(c3cccnc3)NN2)c1. The minimum atomic E-state index is -0.261. The first-order valence-electron chi connectivity index (χ1n) is 7.12. The zero-order valence-electron chi connectivity index (χ0n) is 12.2. The van der Waals surface area contributed by atoms with Crippen molar-refractivity contribution >= 4 is 23.4 Å². The number of hydrazine groups is 1. The maximum Gasteiger partial charge on any atom is 0.242 e. The number of hydrogen-bond donors (Lipinski definition) is 3. The lowest BCUT2D eigenvalue weighted by atomic mass is 10.0. The van der Waals surface area contributed by atoms with Gasteiger partial charge >= 0.3 is 0 Å². The number of nitrogens with one attached hydrogen (secondary N) is 3. The molecule has 0 radical (unpaired) electrons. The second-order valence-electron chi connectivity index (χ2n) is 5.14. The van der Waals surface area contributed by atoms with Crippen molar-refractivity contribution in [1.29, 1.82) is 0 Å². The van der Waals surface area contributed by atoms with Gasteiger partial charge in [0.2, 0.25) is 5.91 Å². The largest absolute Gasteiger partial charge is 0.325 e. The third-order valence-corrected chi connectivity index (χ3v) is 4.37. The van der Waals surface area contributed by atoms with Crippen molar-refractivity contribution in [2.75, 3.05) is 11.6 Å². The van der Waals surface area contributed by atoms with Gasteiger partial charge < -0.3 is 5.32 Å². The molecule has 1 aliphatic heterocycles. The second-order valence-corrected chi connectivity index (χ2v) is 6.02. The fourth-order valence-electron chi connectivity index (χ4n) is 2.46. The number of amides is 1. The summed E-state index contributed by atoms with van der Waals surface area (Å²) in [5, 5.41) is 2.96. The maximum absolute atomic E-state index is 12.4. The van der Waals surface area contributed by atoms with E-state index in [0.29, 0.717) is 6.42 Å². The highest BCUT2D eigenvalue weighted by Gasteiger charge is 2.30. The van der Waals surface area contributed by atoms with Crippen molar-refractivity contribution in [3.05, 3.63) is 54.4 Å². The van der Waals surface area contributed by atoms with Gasteiger partial charge in [0.15, 0.2) is 0 Å². The van der Waals surface area contributed by atoms with Gasteiger partial charge in [0.25, 0.3) is 0 Å². The Bertz CT molecular complexity index is 650. The molecule has 0 aliphatic carbocycles. The van der Waals surface area contributed by atoms with E-state index in [0.717, 1.165) is 16.1 Å². The predicted molar refractivity (Wildman–Crippen MR) is 88.5 cm³/mol. The molecule has 2 atom stereocenters. The van der Waals surface area contributed by atoms with Gasteiger partial charge in [0.1, 0.15) is 6.04 Å². The Balaban J connectivity index is 1.62.